The quantitative estimate of drug-likeness (QED) is 0.406. The number of fused-ring (bicyclic) bond motifs is 1. The van der Waals surface area contributed by atoms with Gasteiger partial charge in [-0.3, -0.25) is 0 Å². The van der Waals surface area contributed by atoms with Crippen LogP contribution in [0.4, 0.5) is 0 Å². The summed E-state index contributed by atoms with van der Waals surface area (Å²) in [6, 6.07) is 8.77. The highest BCUT2D eigenvalue weighted by atomic mass is 32.2. The summed E-state index contributed by atoms with van der Waals surface area (Å²) in [5, 5.41) is 9.90. The van der Waals surface area contributed by atoms with Crippen molar-refractivity contribution in [2.75, 3.05) is 0 Å². The third-order valence-corrected chi connectivity index (χ3v) is 14.9. The molecule has 0 unspecified atom stereocenters. The van der Waals surface area contributed by atoms with Crippen LogP contribution in [0.5, 0.6) is 0 Å². The maximum absolute atomic E-state index is 14.0. The highest BCUT2D eigenvalue weighted by molar-refractivity contribution is 7.92. The van der Waals surface area contributed by atoms with Crippen molar-refractivity contribution in [3.8, 4) is 0 Å². The highest BCUT2D eigenvalue weighted by Crippen LogP contribution is 2.50. The summed E-state index contributed by atoms with van der Waals surface area (Å²) in [6.45, 7) is 17.5. The SMILES string of the molecule is CC1(C)C[C@@H](S(=O)(=O)c2ccccc2)[C@H]2C[C@@H](O)C=C[C@@]2(C)C=C[C@@H]1O[Si](C)(C)C(C)(C)C. The van der Waals surface area contributed by atoms with Crippen molar-refractivity contribution in [1.82, 2.24) is 0 Å². The molecule has 1 aromatic rings. The smallest absolute Gasteiger partial charge is 0.192 e. The third-order valence-electron chi connectivity index (χ3n) is 8.25. The average molecular weight is 491 g/mol. The molecule has 0 amide bonds. The van der Waals surface area contributed by atoms with E-state index in [1.807, 2.05) is 18.2 Å². The van der Waals surface area contributed by atoms with Gasteiger partial charge in [-0.1, -0.05) is 84.0 Å². The van der Waals surface area contributed by atoms with E-state index in [9.17, 15) is 13.5 Å². The molecule has 0 heterocycles. The molecular weight excluding hydrogens is 448 g/mol. The summed E-state index contributed by atoms with van der Waals surface area (Å²) < 4.78 is 35.0. The highest BCUT2D eigenvalue weighted by Gasteiger charge is 2.51. The molecule has 0 saturated heterocycles. The molecule has 0 fully saturated rings. The Bertz CT molecular complexity index is 1000. The molecule has 0 spiro atoms. The monoisotopic (exact) mass is 490 g/mol. The second-order valence-corrected chi connectivity index (χ2v) is 19.3. The number of aliphatic hydroxyl groups excluding tert-OH is 1. The second-order valence-electron chi connectivity index (χ2n) is 12.4. The molecule has 2 aliphatic rings. The summed E-state index contributed by atoms with van der Waals surface area (Å²) in [5.41, 5.74) is -0.872. The number of aliphatic hydroxyl groups is 1. The molecule has 6 heteroatoms. The van der Waals surface area contributed by atoms with Gasteiger partial charge in [0.15, 0.2) is 18.2 Å². The Kier molecular flexibility index (Phi) is 7.02. The molecular formula is C27H42O4SSi. The van der Waals surface area contributed by atoms with Crippen molar-refractivity contribution >= 4 is 18.2 Å². The van der Waals surface area contributed by atoms with E-state index < -0.39 is 40.3 Å². The van der Waals surface area contributed by atoms with Gasteiger partial charge < -0.3 is 9.53 Å². The first kappa shape index (κ1) is 26.4. The van der Waals surface area contributed by atoms with E-state index in [1.165, 1.54) is 0 Å². The predicted octanol–water partition coefficient (Wildman–Crippen LogP) is 6.15. The Morgan fingerprint density at radius 3 is 2.18 bits per heavy atom. The fourth-order valence-corrected chi connectivity index (χ4v) is 8.66. The summed E-state index contributed by atoms with van der Waals surface area (Å²) in [5.74, 6) is -0.230. The summed E-state index contributed by atoms with van der Waals surface area (Å²) in [6.07, 6.45) is 8.19. The Labute approximate surface area is 202 Å². The molecule has 33 heavy (non-hydrogen) atoms. The lowest BCUT2D eigenvalue weighted by atomic mass is 9.64. The van der Waals surface area contributed by atoms with Gasteiger partial charge in [0.1, 0.15) is 0 Å². The van der Waals surface area contributed by atoms with Crippen molar-refractivity contribution in [1.29, 1.82) is 0 Å². The van der Waals surface area contributed by atoms with Crippen LogP contribution in [0.3, 0.4) is 0 Å². The molecule has 184 valence electrons. The standard InChI is InChI=1S/C27H42O4SSi/c1-25(2,3)33(7,8)31-24-15-17-27(6)16-14-20(28)18-22(27)23(19-26(24,4)5)32(29,30)21-12-10-9-11-13-21/h9-17,20,22-24,28H,18-19H2,1-8H3/t20-,22+,23+,24-,27-/m0/s1. The van der Waals surface area contributed by atoms with Crippen molar-refractivity contribution in [2.24, 2.45) is 16.7 Å². The van der Waals surface area contributed by atoms with E-state index in [1.54, 1.807) is 24.3 Å². The second kappa shape index (κ2) is 8.78. The average Bonchev–Trinajstić information content (AvgIpc) is 2.70. The number of benzene rings is 1. The van der Waals surface area contributed by atoms with Crippen LogP contribution in [0.2, 0.25) is 18.1 Å². The molecule has 0 aromatic heterocycles. The minimum absolute atomic E-state index is 0.0517. The molecule has 0 bridgehead atoms. The van der Waals surface area contributed by atoms with Gasteiger partial charge in [0.25, 0.3) is 0 Å². The molecule has 5 atom stereocenters. The molecule has 4 nitrogen and oxygen atoms in total. The summed E-state index contributed by atoms with van der Waals surface area (Å²) in [7, 11) is -5.71. The zero-order chi connectivity index (χ0) is 24.9. The Balaban J connectivity index is 2.14. The van der Waals surface area contributed by atoms with Gasteiger partial charge in [-0.25, -0.2) is 8.42 Å². The minimum atomic E-state index is -3.62. The zero-order valence-corrected chi connectivity index (χ0v) is 23.3. The lowest BCUT2D eigenvalue weighted by Gasteiger charge is -2.49. The molecule has 1 aromatic carbocycles. The van der Waals surface area contributed by atoms with Crippen LogP contribution in [0.25, 0.3) is 0 Å². The minimum Gasteiger partial charge on any atom is -0.410 e. The predicted molar refractivity (Wildman–Crippen MR) is 138 cm³/mol. The van der Waals surface area contributed by atoms with Crippen LogP contribution in [0.15, 0.2) is 59.5 Å². The van der Waals surface area contributed by atoms with Gasteiger partial charge >= 0.3 is 0 Å². The first-order valence-corrected chi connectivity index (χ1v) is 16.5. The zero-order valence-electron chi connectivity index (χ0n) is 21.5. The first-order chi connectivity index (χ1) is 15.0. The van der Waals surface area contributed by atoms with Crippen molar-refractivity contribution in [3.63, 3.8) is 0 Å². The van der Waals surface area contributed by atoms with Gasteiger partial charge in [0.05, 0.1) is 22.4 Å². The van der Waals surface area contributed by atoms with E-state index >= 15 is 0 Å². The van der Waals surface area contributed by atoms with Gasteiger partial charge in [0, 0.05) is 5.41 Å². The molecule has 2 aliphatic carbocycles. The number of rotatable bonds is 4. The van der Waals surface area contributed by atoms with Crippen molar-refractivity contribution in [2.45, 2.75) is 94.9 Å². The topological polar surface area (TPSA) is 63.6 Å². The maximum atomic E-state index is 14.0. The molecule has 0 saturated carbocycles. The number of hydrogen-bond acceptors (Lipinski definition) is 4. The van der Waals surface area contributed by atoms with Gasteiger partial charge in [-0.15, -0.1) is 0 Å². The van der Waals surface area contributed by atoms with E-state index in [-0.39, 0.29) is 17.1 Å². The van der Waals surface area contributed by atoms with Crippen molar-refractivity contribution in [3.05, 3.63) is 54.6 Å². The Morgan fingerprint density at radius 2 is 1.61 bits per heavy atom. The van der Waals surface area contributed by atoms with E-state index in [2.05, 4.69) is 66.8 Å². The molecule has 0 radical (unpaired) electrons. The van der Waals surface area contributed by atoms with Gasteiger partial charge in [-0.05, 0) is 54.4 Å². The third kappa shape index (κ3) is 5.24. The van der Waals surface area contributed by atoms with Crippen LogP contribution in [0, 0.1) is 16.7 Å². The largest absolute Gasteiger partial charge is 0.410 e. The van der Waals surface area contributed by atoms with E-state index in [4.69, 9.17) is 4.43 Å². The normalized spacial score (nSPS) is 32.6. The lowest BCUT2D eigenvalue weighted by molar-refractivity contribution is 0.0641. The first-order valence-electron chi connectivity index (χ1n) is 12.0. The Hall–Kier alpha value is -1.21. The fourth-order valence-electron chi connectivity index (χ4n) is 4.90. The maximum Gasteiger partial charge on any atom is 0.192 e. The number of sulfone groups is 1. The molecule has 3 rings (SSSR count). The van der Waals surface area contributed by atoms with Crippen molar-refractivity contribution < 1.29 is 18.0 Å². The van der Waals surface area contributed by atoms with Crippen LogP contribution >= 0.6 is 0 Å². The molecule has 1 N–H and O–H groups in total. The number of allylic oxidation sites excluding steroid dienone is 2. The van der Waals surface area contributed by atoms with E-state index in [0.29, 0.717) is 17.7 Å². The Morgan fingerprint density at radius 1 is 1.03 bits per heavy atom. The molecule has 0 aliphatic heterocycles. The van der Waals surface area contributed by atoms with Gasteiger partial charge in [0.2, 0.25) is 0 Å². The van der Waals surface area contributed by atoms with E-state index in [0.717, 1.165) is 0 Å². The van der Waals surface area contributed by atoms with Crippen LogP contribution in [0.1, 0.15) is 54.4 Å². The number of hydrogen-bond donors (Lipinski definition) is 1. The van der Waals surface area contributed by atoms with Crippen LogP contribution < -0.4 is 0 Å². The lowest BCUT2D eigenvalue weighted by Crippen LogP contribution is -2.51. The van der Waals surface area contributed by atoms with Crippen LogP contribution in [-0.4, -0.2) is 39.3 Å². The fraction of sp³-hybridized carbons (Fsp3) is 0.630. The summed E-state index contributed by atoms with van der Waals surface area (Å²) >= 11 is 0. The van der Waals surface area contributed by atoms with Gasteiger partial charge in [-0.2, -0.15) is 0 Å². The van der Waals surface area contributed by atoms with Crippen LogP contribution in [-0.2, 0) is 14.3 Å². The summed E-state index contributed by atoms with van der Waals surface area (Å²) in [4.78, 5) is 0.351.